The van der Waals surface area contributed by atoms with Crippen LogP contribution in [0.3, 0.4) is 0 Å². The first-order valence-corrected chi connectivity index (χ1v) is 3.39. The van der Waals surface area contributed by atoms with Crippen LogP contribution in [0.2, 0.25) is 0 Å². The second-order valence-corrected chi connectivity index (χ2v) is 2.05. The van der Waals surface area contributed by atoms with Crippen LogP contribution in [0, 0.1) is 10.8 Å². The normalized spacial score (nSPS) is 8.89. The van der Waals surface area contributed by atoms with Crippen molar-refractivity contribution < 1.29 is 0 Å². The van der Waals surface area contributed by atoms with Gasteiger partial charge in [-0.25, -0.2) is 0 Å². The van der Waals surface area contributed by atoms with Crippen LogP contribution in [0.25, 0.3) is 0 Å². The van der Waals surface area contributed by atoms with Crippen molar-refractivity contribution in [2.75, 3.05) is 0 Å². The molecule has 0 fully saturated rings. The molecule has 0 saturated heterocycles. The minimum Gasteiger partial charge on any atom is -0.313 e. The van der Waals surface area contributed by atoms with Crippen LogP contribution >= 0.6 is 0 Å². The highest BCUT2D eigenvalue weighted by Crippen LogP contribution is 1.99. The number of rotatable bonds is 6. The van der Waals surface area contributed by atoms with Gasteiger partial charge in [-0.15, -0.1) is 0 Å². The zero-order valence-corrected chi connectivity index (χ0v) is 5.69. The molecule has 0 unspecified atom stereocenters. The van der Waals surface area contributed by atoms with Gasteiger partial charge in [-0.1, -0.05) is 6.42 Å². The minimum absolute atomic E-state index is 0.901. The third kappa shape index (κ3) is 7.34. The Morgan fingerprint density at radius 1 is 0.778 bits per heavy atom. The van der Waals surface area contributed by atoms with Crippen molar-refractivity contribution in [3.05, 3.63) is 0 Å². The molecule has 52 valence electrons. The molecule has 0 aliphatic rings. The monoisotopic (exact) mass is 126 g/mol. The van der Waals surface area contributed by atoms with E-state index in [-0.39, 0.29) is 0 Å². The molecule has 0 bridgehead atoms. The topological polar surface area (TPSA) is 47.7 Å². The molecule has 2 N–H and O–H groups in total. The fourth-order valence-electron chi connectivity index (χ4n) is 0.670. The van der Waals surface area contributed by atoms with Gasteiger partial charge < -0.3 is 10.8 Å². The molecule has 0 aromatic rings. The largest absolute Gasteiger partial charge is 0.313 e. The smallest absolute Gasteiger partial charge is 0.00477 e. The highest BCUT2D eigenvalue weighted by Gasteiger charge is 1.83. The molecule has 0 saturated carbocycles. The Bertz CT molecular complexity index is 69.0. The molecule has 9 heavy (non-hydrogen) atoms. The van der Waals surface area contributed by atoms with Crippen LogP contribution in [0.4, 0.5) is 0 Å². The van der Waals surface area contributed by atoms with Crippen molar-refractivity contribution in [3.8, 4) is 0 Å². The maximum atomic E-state index is 6.71. The van der Waals surface area contributed by atoms with Crippen molar-refractivity contribution in [2.24, 2.45) is 0 Å². The Morgan fingerprint density at radius 3 is 1.56 bits per heavy atom. The summed E-state index contributed by atoms with van der Waals surface area (Å²) in [6, 6.07) is 0. The molecule has 0 heterocycles. The zero-order chi connectivity index (χ0) is 6.95. The number of hydrogen-bond donors (Lipinski definition) is 2. The maximum absolute atomic E-state index is 6.71. The molecule has 2 nitrogen and oxygen atoms in total. The van der Waals surface area contributed by atoms with E-state index in [9.17, 15) is 0 Å². The Morgan fingerprint density at radius 2 is 1.22 bits per heavy atom. The van der Waals surface area contributed by atoms with Gasteiger partial charge >= 0.3 is 0 Å². The summed E-state index contributed by atoms with van der Waals surface area (Å²) in [5, 5.41) is 13.4. The van der Waals surface area contributed by atoms with Crippen molar-refractivity contribution in [1.29, 1.82) is 10.8 Å². The van der Waals surface area contributed by atoms with Crippen LogP contribution in [0.5, 0.6) is 0 Å². The predicted molar refractivity (Wildman–Crippen MR) is 40.7 cm³/mol. The first-order valence-electron chi connectivity index (χ1n) is 3.39. The third-order valence-electron chi connectivity index (χ3n) is 1.20. The van der Waals surface area contributed by atoms with Crippen molar-refractivity contribution >= 4 is 12.4 Å². The average molecular weight is 126 g/mol. The first-order chi connectivity index (χ1) is 4.41. The van der Waals surface area contributed by atoms with Crippen LogP contribution in [0.15, 0.2) is 0 Å². The SMILES string of the molecule is N=CCCCCCC=N. The lowest BCUT2D eigenvalue weighted by molar-refractivity contribution is 0.722. The Kier molecular flexibility index (Phi) is 6.80. The van der Waals surface area contributed by atoms with E-state index in [2.05, 4.69) is 0 Å². The van der Waals surface area contributed by atoms with Crippen LogP contribution in [0.1, 0.15) is 32.1 Å². The minimum atomic E-state index is 0.901. The second kappa shape index (κ2) is 7.34. The van der Waals surface area contributed by atoms with Gasteiger partial charge in [0.25, 0.3) is 0 Å². The van der Waals surface area contributed by atoms with Gasteiger partial charge in [-0.2, -0.15) is 0 Å². The lowest BCUT2D eigenvalue weighted by Gasteiger charge is -1.91. The summed E-state index contributed by atoms with van der Waals surface area (Å²) in [6.07, 6.45) is 8.07. The molecule has 0 aromatic heterocycles. The standard InChI is InChI=1S/C7H14N2/c8-6-4-2-1-3-5-7-9/h6-9H,1-5H2. The summed E-state index contributed by atoms with van der Waals surface area (Å²) in [5.41, 5.74) is 0. The lowest BCUT2D eigenvalue weighted by Crippen LogP contribution is -1.78. The fourth-order valence-corrected chi connectivity index (χ4v) is 0.670. The summed E-state index contributed by atoms with van der Waals surface area (Å²) >= 11 is 0. The molecule has 0 aliphatic carbocycles. The van der Waals surface area contributed by atoms with Crippen LogP contribution in [-0.4, -0.2) is 12.4 Å². The van der Waals surface area contributed by atoms with E-state index in [0.717, 1.165) is 32.1 Å². The molecular formula is C7H14N2. The van der Waals surface area contributed by atoms with Crippen LogP contribution < -0.4 is 0 Å². The van der Waals surface area contributed by atoms with Gasteiger partial charge in [0.2, 0.25) is 0 Å². The predicted octanol–water partition coefficient (Wildman–Crippen LogP) is 2.24. The zero-order valence-electron chi connectivity index (χ0n) is 5.69. The Labute approximate surface area is 56.3 Å². The molecule has 2 heteroatoms. The molecule has 0 atom stereocenters. The van der Waals surface area contributed by atoms with E-state index in [0.29, 0.717) is 0 Å². The summed E-state index contributed by atoms with van der Waals surface area (Å²) < 4.78 is 0. The molecule has 0 spiro atoms. The summed E-state index contributed by atoms with van der Waals surface area (Å²) in [6.45, 7) is 0. The quantitative estimate of drug-likeness (QED) is 0.405. The van der Waals surface area contributed by atoms with E-state index in [1.165, 1.54) is 12.4 Å². The van der Waals surface area contributed by atoms with E-state index in [4.69, 9.17) is 10.8 Å². The Balaban J connectivity index is 2.74. The van der Waals surface area contributed by atoms with Gasteiger partial charge in [-0.3, -0.25) is 0 Å². The number of unbranched alkanes of at least 4 members (excludes halogenated alkanes) is 4. The van der Waals surface area contributed by atoms with Gasteiger partial charge in [0, 0.05) is 0 Å². The summed E-state index contributed by atoms with van der Waals surface area (Å²) in [4.78, 5) is 0. The maximum Gasteiger partial charge on any atom is -0.00477 e. The van der Waals surface area contributed by atoms with Crippen molar-refractivity contribution in [1.82, 2.24) is 0 Å². The van der Waals surface area contributed by atoms with Crippen molar-refractivity contribution in [3.63, 3.8) is 0 Å². The molecule has 0 aromatic carbocycles. The molecule has 0 amide bonds. The van der Waals surface area contributed by atoms with Gasteiger partial charge in [0.1, 0.15) is 0 Å². The first kappa shape index (κ1) is 8.34. The van der Waals surface area contributed by atoms with Gasteiger partial charge in [-0.05, 0) is 38.1 Å². The average Bonchev–Trinajstić information content (AvgIpc) is 1.89. The van der Waals surface area contributed by atoms with E-state index in [1.807, 2.05) is 0 Å². The molecule has 0 rings (SSSR count). The van der Waals surface area contributed by atoms with Crippen LogP contribution in [-0.2, 0) is 0 Å². The molecular weight excluding hydrogens is 112 g/mol. The summed E-state index contributed by atoms with van der Waals surface area (Å²) in [5.74, 6) is 0. The number of hydrogen-bond acceptors (Lipinski definition) is 2. The van der Waals surface area contributed by atoms with E-state index in [1.54, 1.807) is 0 Å². The number of nitrogens with one attached hydrogen (secondary N) is 2. The lowest BCUT2D eigenvalue weighted by atomic mass is 10.2. The van der Waals surface area contributed by atoms with E-state index < -0.39 is 0 Å². The fraction of sp³-hybridized carbons (Fsp3) is 0.714. The molecule has 0 aliphatic heterocycles. The highest BCUT2D eigenvalue weighted by molar-refractivity contribution is 5.53. The molecule has 0 radical (unpaired) electrons. The second-order valence-electron chi connectivity index (χ2n) is 2.05. The van der Waals surface area contributed by atoms with Crippen molar-refractivity contribution in [2.45, 2.75) is 32.1 Å². The highest BCUT2D eigenvalue weighted by atomic mass is 14.3. The van der Waals surface area contributed by atoms with Gasteiger partial charge in [0.05, 0.1) is 0 Å². The van der Waals surface area contributed by atoms with E-state index >= 15 is 0 Å². The Hall–Kier alpha value is -0.660. The van der Waals surface area contributed by atoms with Gasteiger partial charge in [0.15, 0.2) is 0 Å². The summed E-state index contributed by atoms with van der Waals surface area (Å²) in [7, 11) is 0. The third-order valence-corrected chi connectivity index (χ3v) is 1.20.